The van der Waals surface area contributed by atoms with Crippen LogP contribution in [-0.4, -0.2) is 39.1 Å². The van der Waals surface area contributed by atoms with E-state index in [-0.39, 0.29) is 17.4 Å². The Labute approximate surface area is 159 Å². The topological polar surface area (TPSA) is 67.2 Å². The molecule has 2 amide bonds. The van der Waals surface area contributed by atoms with Crippen LogP contribution >= 0.6 is 0 Å². The molecule has 5 saturated carbocycles. The lowest BCUT2D eigenvalue weighted by Crippen LogP contribution is -2.57. The molecule has 1 aliphatic heterocycles. The Morgan fingerprint density at radius 1 is 1.07 bits per heavy atom. The van der Waals surface area contributed by atoms with Crippen molar-refractivity contribution in [1.29, 1.82) is 0 Å². The molecule has 1 unspecified atom stereocenters. The van der Waals surface area contributed by atoms with Gasteiger partial charge >= 0.3 is 0 Å². The van der Waals surface area contributed by atoms with Crippen molar-refractivity contribution < 1.29 is 9.59 Å². The predicted molar refractivity (Wildman–Crippen MR) is 98.5 cm³/mol. The van der Waals surface area contributed by atoms with E-state index in [1.54, 1.807) is 6.20 Å². The van der Waals surface area contributed by atoms with E-state index in [2.05, 4.69) is 10.4 Å². The number of fused-ring (bicyclic) bond motifs is 1. The van der Waals surface area contributed by atoms with Crippen LogP contribution < -0.4 is 5.32 Å². The Balaban J connectivity index is 1.27. The summed E-state index contributed by atoms with van der Waals surface area (Å²) in [5.41, 5.74) is 0.837. The molecule has 0 aromatic carbocycles. The highest BCUT2D eigenvalue weighted by atomic mass is 16.2. The molecule has 1 N–H and O–H groups in total. The van der Waals surface area contributed by atoms with Gasteiger partial charge in [-0.25, -0.2) is 0 Å². The molecule has 0 radical (unpaired) electrons. The Kier molecular flexibility index (Phi) is 3.34. The summed E-state index contributed by atoms with van der Waals surface area (Å²) >= 11 is 0. The third-order valence-electron chi connectivity index (χ3n) is 7.80. The van der Waals surface area contributed by atoms with E-state index in [0.29, 0.717) is 25.0 Å². The molecule has 0 spiro atoms. The van der Waals surface area contributed by atoms with Gasteiger partial charge in [0.1, 0.15) is 6.04 Å². The van der Waals surface area contributed by atoms with Gasteiger partial charge in [0.2, 0.25) is 11.8 Å². The van der Waals surface area contributed by atoms with E-state index in [1.807, 2.05) is 15.6 Å². The maximum atomic E-state index is 13.8. The quantitative estimate of drug-likeness (QED) is 0.890. The average Bonchev–Trinajstić information content (AvgIpc) is 3.32. The largest absolute Gasteiger partial charge is 0.351 e. The second kappa shape index (κ2) is 5.58. The summed E-state index contributed by atoms with van der Waals surface area (Å²) in [7, 11) is 0. The predicted octanol–water partition coefficient (Wildman–Crippen LogP) is 2.26. The highest BCUT2D eigenvalue weighted by Gasteiger charge is 2.56. The normalized spacial score (nSPS) is 39.3. The number of amides is 2. The summed E-state index contributed by atoms with van der Waals surface area (Å²) in [6.07, 6.45) is 11.1. The van der Waals surface area contributed by atoms with Crippen molar-refractivity contribution >= 4 is 11.8 Å². The van der Waals surface area contributed by atoms with Gasteiger partial charge in [-0.1, -0.05) is 0 Å². The molecule has 1 aromatic rings. The molecule has 144 valence electrons. The molecule has 5 aliphatic carbocycles. The van der Waals surface area contributed by atoms with Gasteiger partial charge in [0, 0.05) is 12.2 Å². The zero-order valence-corrected chi connectivity index (χ0v) is 15.8. The first-order valence-electron chi connectivity index (χ1n) is 10.7. The maximum absolute atomic E-state index is 13.8. The van der Waals surface area contributed by atoms with Crippen molar-refractivity contribution in [2.75, 3.05) is 6.54 Å². The van der Waals surface area contributed by atoms with E-state index >= 15 is 0 Å². The number of hydrogen-bond donors (Lipinski definition) is 1. The van der Waals surface area contributed by atoms with Crippen LogP contribution in [0.5, 0.6) is 0 Å². The fourth-order valence-electron chi connectivity index (χ4n) is 6.88. The number of rotatable bonds is 3. The molecule has 7 rings (SSSR count). The van der Waals surface area contributed by atoms with Crippen molar-refractivity contribution in [3.63, 3.8) is 0 Å². The van der Waals surface area contributed by atoms with Gasteiger partial charge in [-0.05, 0) is 75.2 Å². The van der Waals surface area contributed by atoms with Crippen LogP contribution in [0.1, 0.15) is 63.1 Å². The number of carbonyl (C=O) groups is 2. The van der Waals surface area contributed by atoms with Crippen LogP contribution in [0.15, 0.2) is 12.3 Å². The molecular formula is C21H28N4O2. The lowest BCUT2D eigenvalue weighted by molar-refractivity contribution is -0.160. The second-order valence-corrected chi connectivity index (χ2v) is 9.95. The summed E-state index contributed by atoms with van der Waals surface area (Å²) in [5, 5.41) is 7.50. The third-order valence-corrected chi connectivity index (χ3v) is 7.80. The Hall–Kier alpha value is -1.85. The van der Waals surface area contributed by atoms with Crippen molar-refractivity contribution in [3.05, 3.63) is 18.0 Å². The van der Waals surface area contributed by atoms with Crippen molar-refractivity contribution in [2.45, 2.75) is 70.0 Å². The van der Waals surface area contributed by atoms with Gasteiger partial charge in [-0.15, -0.1) is 0 Å². The summed E-state index contributed by atoms with van der Waals surface area (Å²) in [6, 6.07) is 1.89. The summed E-state index contributed by atoms with van der Waals surface area (Å²) < 4.78 is 1.83. The summed E-state index contributed by atoms with van der Waals surface area (Å²) in [6.45, 7) is 1.06. The highest BCUT2D eigenvalue weighted by molar-refractivity contribution is 5.86. The molecule has 6 heteroatoms. The summed E-state index contributed by atoms with van der Waals surface area (Å²) in [5.74, 6) is 2.60. The fourth-order valence-corrected chi connectivity index (χ4v) is 6.88. The minimum absolute atomic E-state index is 0.0189. The van der Waals surface area contributed by atoms with Gasteiger partial charge in [0.15, 0.2) is 0 Å². The Bertz CT molecular complexity index is 761. The van der Waals surface area contributed by atoms with Crippen LogP contribution in [0.4, 0.5) is 0 Å². The Morgan fingerprint density at radius 2 is 1.74 bits per heavy atom. The SMILES string of the molecule is O=C(NC1CC1)C1CN(C(=O)C23CC4CC(CC(C4)C2)C3)Cc2ccnn21. The van der Waals surface area contributed by atoms with Crippen LogP contribution in [0.25, 0.3) is 0 Å². The lowest BCUT2D eigenvalue weighted by atomic mass is 9.49. The molecular weight excluding hydrogens is 340 g/mol. The number of nitrogens with one attached hydrogen (secondary N) is 1. The zero-order valence-electron chi connectivity index (χ0n) is 15.8. The van der Waals surface area contributed by atoms with E-state index < -0.39 is 0 Å². The van der Waals surface area contributed by atoms with Gasteiger partial charge in [-0.3, -0.25) is 14.3 Å². The van der Waals surface area contributed by atoms with E-state index in [0.717, 1.165) is 55.6 Å². The van der Waals surface area contributed by atoms with Gasteiger partial charge in [0.25, 0.3) is 0 Å². The fraction of sp³-hybridized carbons (Fsp3) is 0.762. The second-order valence-electron chi connectivity index (χ2n) is 9.95. The number of hydrogen-bond acceptors (Lipinski definition) is 3. The molecule has 27 heavy (non-hydrogen) atoms. The molecule has 4 bridgehead atoms. The van der Waals surface area contributed by atoms with Crippen molar-refractivity contribution in [1.82, 2.24) is 20.0 Å². The van der Waals surface area contributed by atoms with Gasteiger partial charge < -0.3 is 10.2 Å². The van der Waals surface area contributed by atoms with Gasteiger partial charge in [0.05, 0.1) is 24.2 Å². The lowest BCUT2D eigenvalue weighted by Gasteiger charge is -2.57. The number of carbonyl (C=O) groups excluding carboxylic acids is 2. The molecule has 6 nitrogen and oxygen atoms in total. The highest BCUT2D eigenvalue weighted by Crippen LogP contribution is 2.60. The molecule has 1 atom stereocenters. The molecule has 6 aliphatic rings. The van der Waals surface area contributed by atoms with Crippen LogP contribution in [-0.2, 0) is 16.1 Å². The first kappa shape index (κ1) is 16.1. The van der Waals surface area contributed by atoms with E-state index in [1.165, 1.54) is 19.3 Å². The average molecular weight is 368 g/mol. The van der Waals surface area contributed by atoms with Crippen LogP contribution in [0.3, 0.4) is 0 Å². The zero-order chi connectivity index (χ0) is 18.2. The van der Waals surface area contributed by atoms with Crippen LogP contribution in [0.2, 0.25) is 0 Å². The number of aromatic nitrogens is 2. The minimum Gasteiger partial charge on any atom is -0.351 e. The summed E-state index contributed by atoms with van der Waals surface area (Å²) in [4.78, 5) is 28.6. The molecule has 0 saturated heterocycles. The molecule has 5 fully saturated rings. The van der Waals surface area contributed by atoms with Crippen molar-refractivity contribution in [3.8, 4) is 0 Å². The van der Waals surface area contributed by atoms with Crippen molar-refractivity contribution in [2.24, 2.45) is 23.2 Å². The monoisotopic (exact) mass is 368 g/mol. The number of nitrogens with zero attached hydrogens (tertiary/aromatic N) is 3. The first-order valence-corrected chi connectivity index (χ1v) is 10.7. The Morgan fingerprint density at radius 3 is 2.37 bits per heavy atom. The van der Waals surface area contributed by atoms with E-state index in [9.17, 15) is 9.59 Å². The molecule has 1 aromatic heterocycles. The van der Waals surface area contributed by atoms with Gasteiger partial charge in [-0.2, -0.15) is 5.10 Å². The third kappa shape index (κ3) is 2.55. The smallest absolute Gasteiger partial charge is 0.246 e. The molecule has 2 heterocycles. The van der Waals surface area contributed by atoms with E-state index in [4.69, 9.17) is 0 Å². The maximum Gasteiger partial charge on any atom is 0.246 e. The minimum atomic E-state index is -0.387. The first-order chi connectivity index (χ1) is 13.1. The van der Waals surface area contributed by atoms with Crippen LogP contribution in [0, 0.1) is 23.2 Å². The standard InChI is InChI=1S/C21H28N4O2/c26-19(23-16-1-2-16)18-12-24(11-17-3-4-22-25(17)18)20(27)21-8-13-5-14(9-21)7-15(6-13)10-21/h3-4,13-16,18H,1-2,5-12H2,(H,23,26).